The standard InChI is InChI=1S/C15H19FO4S/c1-2-21(18,19)11-5-10-20-15-8-7-14(16)12-13(15)6-3-4-9-17/h7-8,12,17H,2,4-5,9-11H2,1H3. The zero-order valence-electron chi connectivity index (χ0n) is 11.9. The summed E-state index contributed by atoms with van der Waals surface area (Å²) in [5, 5.41) is 8.68. The van der Waals surface area contributed by atoms with Gasteiger partial charge in [0, 0.05) is 12.2 Å². The molecule has 1 aromatic carbocycles. The van der Waals surface area contributed by atoms with Crippen LogP contribution in [-0.2, 0) is 9.84 Å². The molecule has 0 radical (unpaired) electrons. The van der Waals surface area contributed by atoms with Crippen molar-refractivity contribution in [1.82, 2.24) is 0 Å². The summed E-state index contributed by atoms with van der Waals surface area (Å²) in [5.41, 5.74) is 0.391. The molecule has 6 heteroatoms. The lowest BCUT2D eigenvalue weighted by atomic mass is 10.2. The van der Waals surface area contributed by atoms with Crippen molar-refractivity contribution in [3.05, 3.63) is 29.6 Å². The number of hydrogen-bond acceptors (Lipinski definition) is 4. The Kier molecular flexibility index (Phi) is 7.20. The Hall–Kier alpha value is -1.58. The summed E-state index contributed by atoms with van der Waals surface area (Å²) in [6.45, 7) is 1.76. The van der Waals surface area contributed by atoms with Crippen LogP contribution in [0.3, 0.4) is 0 Å². The molecule has 1 N–H and O–H groups in total. The third kappa shape index (κ3) is 6.61. The van der Waals surface area contributed by atoms with Crippen molar-refractivity contribution in [2.75, 3.05) is 24.7 Å². The Labute approximate surface area is 124 Å². The molecule has 0 amide bonds. The molecule has 4 nitrogen and oxygen atoms in total. The van der Waals surface area contributed by atoms with Gasteiger partial charge in [-0.05, 0) is 24.6 Å². The van der Waals surface area contributed by atoms with Crippen LogP contribution in [0, 0.1) is 17.7 Å². The molecule has 1 rings (SSSR count). The summed E-state index contributed by atoms with van der Waals surface area (Å²) in [6, 6.07) is 3.98. The molecule has 0 aromatic heterocycles. The van der Waals surface area contributed by atoms with E-state index in [0.717, 1.165) is 0 Å². The molecule has 0 fully saturated rings. The molecule has 0 saturated heterocycles. The normalized spacial score (nSPS) is 10.8. The zero-order valence-corrected chi connectivity index (χ0v) is 12.7. The van der Waals surface area contributed by atoms with E-state index in [4.69, 9.17) is 9.84 Å². The Morgan fingerprint density at radius 1 is 1.38 bits per heavy atom. The second-order valence-electron chi connectivity index (χ2n) is 4.35. The topological polar surface area (TPSA) is 63.6 Å². The summed E-state index contributed by atoms with van der Waals surface area (Å²) in [5.74, 6) is 5.59. The molecule has 0 aliphatic heterocycles. The maximum Gasteiger partial charge on any atom is 0.150 e. The number of aliphatic hydroxyl groups excluding tert-OH is 1. The predicted octanol–water partition coefficient (Wildman–Crippen LogP) is 1.76. The quantitative estimate of drug-likeness (QED) is 0.615. The third-order valence-electron chi connectivity index (χ3n) is 2.70. The average molecular weight is 314 g/mol. The number of rotatable bonds is 7. The van der Waals surface area contributed by atoms with E-state index in [0.29, 0.717) is 24.2 Å². The summed E-state index contributed by atoms with van der Waals surface area (Å²) < 4.78 is 41.4. The Morgan fingerprint density at radius 2 is 2.14 bits per heavy atom. The van der Waals surface area contributed by atoms with E-state index >= 15 is 0 Å². The lowest BCUT2D eigenvalue weighted by molar-refractivity contribution is 0.305. The SMILES string of the molecule is CCS(=O)(=O)CCCOc1ccc(F)cc1C#CCCO. The van der Waals surface area contributed by atoms with E-state index in [1.807, 2.05) is 0 Å². The van der Waals surface area contributed by atoms with E-state index in [9.17, 15) is 12.8 Å². The molecular weight excluding hydrogens is 295 g/mol. The van der Waals surface area contributed by atoms with E-state index in [2.05, 4.69) is 11.8 Å². The van der Waals surface area contributed by atoms with Crippen molar-refractivity contribution in [2.24, 2.45) is 0 Å². The van der Waals surface area contributed by atoms with Crippen molar-refractivity contribution in [3.8, 4) is 17.6 Å². The van der Waals surface area contributed by atoms with Gasteiger partial charge in [-0.2, -0.15) is 0 Å². The van der Waals surface area contributed by atoms with Crippen LogP contribution in [-0.4, -0.2) is 38.2 Å². The third-order valence-corrected chi connectivity index (χ3v) is 4.49. The largest absolute Gasteiger partial charge is 0.492 e. The highest BCUT2D eigenvalue weighted by atomic mass is 32.2. The summed E-state index contributed by atoms with van der Waals surface area (Å²) in [7, 11) is -3.00. The highest BCUT2D eigenvalue weighted by Gasteiger charge is 2.08. The van der Waals surface area contributed by atoms with E-state index in [1.54, 1.807) is 6.92 Å². The molecule has 1 aromatic rings. The highest BCUT2D eigenvalue weighted by Crippen LogP contribution is 2.19. The molecule has 116 valence electrons. The Balaban J connectivity index is 2.65. The van der Waals surface area contributed by atoms with Gasteiger partial charge in [0.05, 0.1) is 24.5 Å². The van der Waals surface area contributed by atoms with Crippen LogP contribution in [0.2, 0.25) is 0 Å². The lowest BCUT2D eigenvalue weighted by Crippen LogP contribution is -2.12. The summed E-state index contributed by atoms with van der Waals surface area (Å²) in [4.78, 5) is 0. The fourth-order valence-corrected chi connectivity index (χ4v) is 2.39. The Morgan fingerprint density at radius 3 is 2.81 bits per heavy atom. The van der Waals surface area contributed by atoms with Gasteiger partial charge in [-0.15, -0.1) is 0 Å². The minimum absolute atomic E-state index is 0.0621. The smallest absolute Gasteiger partial charge is 0.150 e. The van der Waals surface area contributed by atoms with E-state index in [-0.39, 0.29) is 24.7 Å². The number of halogens is 1. The van der Waals surface area contributed by atoms with Crippen LogP contribution >= 0.6 is 0 Å². The van der Waals surface area contributed by atoms with Crippen molar-refractivity contribution >= 4 is 9.84 Å². The molecule has 0 atom stereocenters. The summed E-state index contributed by atoms with van der Waals surface area (Å²) in [6.07, 6.45) is 0.668. The van der Waals surface area contributed by atoms with Crippen LogP contribution in [0.5, 0.6) is 5.75 Å². The number of sulfone groups is 1. The first-order valence-electron chi connectivity index (χ1n) is 6.71. The van der Waals surface area contributed by atoms with Gasteiger partial charge in [-0.1, -0.05) is 18.8 Å². The van der Waals surface area contributed by atoms with Crippen LogP contribution in [0.25, 0.3) is 0 Å². The minimum Gasteiger partial charge on any atom is -0.492 e. The molecule has 0 spiro atoms. The number of hydrogen-bond donors (Lipinski definition) is 1. The van der Waals surface area contributed by atoms with Gasteiger partial charge in [-0.25, -0.2) is 12.8 Å². The molecule has 21 heavy (non-hydrogen) atoms. The molecule has 0 heterocycles. The zero-order chi connectivity index (χ0) is 15.7. The number of aliphatic hydroxyl groups is 1. The first-order valence-corrected chi connectivity index (χ1v) is 8.53. The van der Waals surface area contributed by atoms with E-state index in [1.165, 1.54) is 18.2 Å². The van der Waals surface area contributed by atoms with Gasteiger partial charge in [-0.3, -0.25) is 0 Å². The minimum atomic E-state index is -3.00. The van der Waals surface area contributed by atoms with Crippen LogP contribution in [0.15, 0.2) is 18.2 Å². The maximum atomic E-state index is 13.2. The van der Waals surface area contributed by atoms with E-state index < -0.39 is 15.7 Å². The fourth-order valence-electron chi connectivity index (χ4n) is 1.54. The predicted molar refractivity (Wildman–Crippen MR) is 79.4 cm³/mol. The van der Waals surface area contributed by atoms with Crippen LogP contribution < -0.4 is 4.74 Å². The summed E-state index contributed by atoms with van der Waals surface area (Å²) >= 11 is 0. The van der Waals surface area contributed by atoms with Crippen molar-refractivity contribution in [2.45, 2.75) is 19.8 Å². The second kappa shape index (κ2) is 8.65. The van der Waals surface area contributed by atoms with Gasteiger partial charge in [0.2, 0.25) is 0 Å². The maximum absolute atomic E-state index is 13.2. The molecule has 0 aliphatic rings. The molecule has 0 aliphatic carbocycles. The molecular formula is C15H19FO4S. The fraction of sp³-hybridized carbons (Fsp3) is 0.467. The van der Waals surface area contributed by atoms with Gasteiger partial charge in [0.15, 0.2) is 0 Å². The monoisotopic (exact) mass is 314 g/mol. The average Bonchev–Trinajstić information content (AvgIpc) is 2.45. The van der Waals surface area contributed by atoms with Crippen molar-refractivity contribution in [3.63, 3.8) is 0 Å². The first-order chi connectivity index (χ1) is 9.98. The molecule has 0 bridgehead atoms. The number of benzene rings is 1. The van der Waals surface area contributed by atoms with Gasteiger partial charge >= 0.3 is 0 Å². The van der Waals surface area contributed by atoms with Crippen LogP contribution in [0.4, 0.5) is 4.39 Å². The number of ether oxygens (including phenoxy) is 1. The van der Waals surface area contributed by atoms with Crippen molar-refractivity contribution < 1.29 is 22.7 Å². The van der Waals surface area contributed by atoms with Gasteiger partial charge in [0.25, 0.3) is 0 Å². The first kappa shape index (κ1) is 17.5. The Bertz CT molecular complexity index is 614. The van der Waals surface area contributed by atoms with Crippen molar-refractivity contribution in [1.29, 1.82) is 0 Å². The van der Waals surface area contributed by atoms with Gasteiger partial charge < -0.3 is 9.84 Å². The second-order valence-corrected chi connectivity index (χ2v) is 6.83. The van der Waals surface area contributed by atoms with Crippen LogP contribution in [0.1, 0.15) is 25.3 Å². The van der Waals surface area contributed by atoms with Gasteiger partial charge in [0.1, 0.15) is 21.4 Å². The molecule has 0 saturated carbocycles. The lowest BCUT2D eigenvalue weighted by Gasteiger charge is -2.08. The highest BCUT2D eigenvalue weighted by molar-refractivity contribution is 7.91. The molecule has 0 unspecified atom stereocenters.